The van der Waals surface area contributed by atoms with Gasteiger partial charge >= 0.3 is 6.36 Å². The van der Waals surface area contributed by atoms with Gasteiger partial charge in [-0.1, -0.05) is 0 Å². The summed E-state index contributed by atoms with van der Waals surface area (Å²) in [6.07, 6.45) is -2.87. The van der Waals surface area contributed by atoms with Crippen LogP contribution in [0.25, 0.3) is 15.3 Å². The molecule has 0 aliphatic rings. The second kappa shape index (κ2) is 5.74. The molecule has 0 spiro atoms. The van der Waals surface area contributed by atoms with Gasteiger partial charge in [0, 0.05) is 17.3 Å². The number of benzene rings is 1. The van der Waals surface area contributed by atoms with E-state index in [4.69, 9.17) is 0 Å². The molecule has 5 nitrogen and oxygen atoms in total. The fourth-order valence-electron chi connectivity index (χ4n) is 2.29. The number of nitrogens with one attached hydrogen (secondary N) is 1. The van der Waals surface area contributed by atoms with Crippen molar-refractivity contribution in [1.29, 1.82) is 0 Å². The summed E-state index contributed by atoms with van der Waals surface area (Å²) in [6.45, 7) is 0. The number of ether oxygens (including phenoxy) is 1. The molecule has 0 unspecified atom stereocenters. The Morgan fingerprint density at radius 1 is 1.24 bits per heavy atom. The number of carbonyl (C=O) groups excluding carboxylic acids is 1. The Balaban J connectivity index is 1.52. The summed E-state index contributed by atoms with van der Waals surface area (Å²) in [5, 5.41) is 4.55. The van der Waals surface area contributed by atoms with Crippen LogP contribution in [0, 0.1) is 0 Å². The standard InChI is InChI=1S/C15H8F3N3O2S2/c16-15(17,18)23-9-3-1-8(2-4-9)19-12(22)11-7-10-13(25-11)20-14-21(10)5-6-24-14/h1-7H,(H,19,22). The van der Waals surface area contributed by atoms with E-state index in [2.05, 4.69) is 15.0 Å². The molecular weight excluding hydrogens is 375 g/mol. The Morgan fingerprint density at radius 2 is 2.00 bits per heavy atom. The van der Waals surface area contributed by atoms with E-state index in [0.29, 0.717) is 10.6 Å². The molecule has 0 atom stereocenters. The van der Waals surface area contributed by atoms with E-state index >= 15 is 0 Å². The molecule has 0 aliphatic heterocycles. The fourth-order valence-corrected chi connectivity index (χ4v) is 3.99. The third kappa shape index (κ3) is 3.17. The van der Waals surface area contributed by atoms with Crippen LogP contribution in [0.15, 0.2) is 41.9 Å². The van der Waals surface area contributed by atoms with Gasteiger partial charge in [-0.3, -0.25) is 9.20 Å². The highest BCUT2D eigenvalue weighted by molar-refractivity contribution is 7.21. The highest BCUT2D eigenvalue weighted by atomic mass is 32.1. The predicted octanol–water partition coefficient (Wildman–Crippen LogP) is 4.76. The highest BCUT2D eigenvalue weighted by Crippen LogP contribution is 2.29. The number of alkyl halides is 3. The van der Waals surface area contributed by atoms with Crippen molar-refractivity contribution in [3.63, 3.8) is 0 Å². The molecule has 4 aromatic rings. The molecule has 1 N–H and O–H groups in total. The minimum atomic E-state index is -4.75. The van der Waals surface area contributed by atoms with Crippen LogP contribution in [0.3, 0.4) is 0 Å². The molecule has 0 fully saturated rings. The molecule has 10 heteroatoms. The van der Waals surface area contributed by atoms with E-state index in [1.165, 1.54) is 34.8 Å². The van der Waals surface area contributed by atoms with Crippen molar-refractivity contribution in [3.05, 3.63) is 46.8 Å². The summed E-state index contributed by atoms with van der Waals surface area (Å²) in [5.74, 6) is -0.697. The van der Waals surface area contributed by atoms with E-state index in [9.17, 15) is 18.0 Å². The van der Waals surface area contributed by atoms with E-state index in [1.807, 2.05) is 16.0 Å². The van der Waals surface area contributed by atoms with E-state index in [0.717, 1.165) is 27.4 Å². The van der Waals surface area contributed by atoms with Crippen LogP contribution < -0.4 is 10.1 Å². The maximum atomic E-state index is 12.3. The Morgan fingerprint density at radius 3 is 2.72 bits per heavy atom. The van der Waals surface area contributed by atoms with Crippen LogP contribution >= 0.6 is 22.7 Å². The van der Waals surface area contributed by atoms with Crippen molar-refractivity contribution in [2.24, 2.45) is 0 Å². The quantitative estimate of drug-likeness (QED) is 0.555. The fraction of sp³-hybridized carbons (Fsp3) is 0.0667. The van der Waals surface area contributed by atoms with Crippen LogP contribution in [0.5, 0.6) is 5.75 Å². The van der Waals surface area contributed by atoms with Crippen LogP contribution in [0.2, 0.25) is 0 Å². The van der Waals surface area contributed by atoms with E-state index < -0.39 is 6.36 Å². The van der Waals surface area contributed by atoms with Gasteiger partial charge in [-0.05, 0) is 30.3 Å². The number of rotatable bonds is 3. The Hall–Kier alpha value is -2.59. The van der Waals surface area contributed by atoms with Crippen molar-refractivity contribution >= 4 is 49.6 Å². The molecule has 0 aliphatic carbocycles. The number of aromatic nitrogens is 2. The number of thiazole rings is 1. The van der Waals surface area contributed by atoms with Gasteiger partial charge < -0.3 is 10.1 Å². The lowest BCUT2D eigenvalue weighted by Crippen LogP contribution is -2.17. The monoisotopic (exact) mass is 383 g/mol. The van der Waals surface area contributed by atoms with Crippen LogP contribution in [-0.4, -0.2) is 21.7 Å². The summed E-state index contributed by atoms with van der Waals surface area (Å²) in [6, 6.07) is 6.70. The summed E-state index contributed by atoms with van der Waals surface area (Å²) in [7, 11) is 0. The smallest absolute Gasteiger partial charge is 0.406 e. The average Bonchev–Trinajstić information content (AvgIpc) is 3.19. The topological polar surface area (TPSA) is 55.6 Å². The molecule has 128 valence electrons. The zero-order valence-corrected chi connectivity index (χ0v) is 13.8. The van der Waals surface area contributed by atoms with E-state index in [1.54, 1.807) is 6.07 Å². The van der Waals surface area contributed by atoms with Crippen LogP contribution in [0.4, 0.5) is 18.9 Å². The number of carbonyl (C=O) groups is 1. The zero-order valence-electron chi connectivity index (χ0n) is 12.2. The molecule has 4 rings (SSSR count). The number of nitrogens with zero attached hydrogens (tertiary/aromatic N) is 2. The summed E-state index contributed by atoms with van der Waals surface area (Å²) >= 11 is 2.76. The Kier molecular flexibility index (Phi) is 3.65. The number of hydrogen-bond donors (Lipinski definition) is 1. The van der Waals surface area contributed by atoms with Gasteiger partial charge in [0.15, 0.2) is 4.96 Å². The molecule has 25 heavy (non-hydrogen) atoms. The number of hydrogen-bond acceptors (Lipinski definition) is 5. The van der Waals surface area contributed by atoms with Crippen molar-refractivity contribution in [2.75, 3.05) is 5.32 Å². The molecule has 0 bridgehead atoms. The second-order valence-electron chi connectivity index (χ2n) is 4.99. The first-order chi connectivity index (χ1) is 11.9. The summed E-state index contributed by atoms with van der Waals surface area (Å²) in [5.41, 5.74) is 1.22. The van der Waals surface area contributed by atoms with Crippen LogP contribution in [-0.2, 0) is 0 Å². The largest absolute Gasteiger partial charge is 0.573 e. The van der Waals surface area contributed by atoms with E-state index in [-0.39, 0.29) is 11.7 Å². The average molecular weight is 383 g/mol. The Bertz CT molecular complexity index is 1060. The minimum absolute atomic E-state index is 0.346. The SMILES string of the molecule is O=C(Nc1ccc(OC(F)(F)F)cc1)c1cc2c(nc3sccn32)s1. The summed E-state index contributed by atoms with van der Waals surface area (Å²) < 4.78 is 42.1. The first-order valence-corrected chi connectivity index (χ1v) is 8.61. The number of halogens is 3. The first kappa shape index (κ1) is 15.9. The summed E-state index contributed by atoms with van der Waals surface area (Å²) in [4.78, 5) is 18.8. The van der Waals surface area contributed by atoms with Crippen LogP contribution in [0.1, 0.15) is 9.67 Å². The van der Waals surface area contributed by atoms with Gasteiger partial charge in [-0.15, -0.1) is 35.8 Å². The maximum Gasteiger partial charge on any atom is 0.573 e. The molecule has 0 saturated heterocycles. The van der Waals surface area contributed by atoms with Gasteiger partial charge in [0.1, 0.15) is 10.6 Å². The third-order valence-corrected chi connectivity index (χ3v) is 5.08. The van der Waals surface area contributed by atoms with Crippen molar-refractivity contribution in [1.82, 2.24) is 9.38 Å². The number of amides is 1. The van der Waals surface area contributed by atoms with Gasteiger partial charge in [-0.25, -0.2) is 4.98 Å². The van der Waals surface area contributed by atoms with Crippen molar-refractivity contribution < 1.29 is 22.7 Å². The van der Waals surface area contributed by atoms with Gasteiger partial charge in [-0.2, -0.15) is 0 Å². The van der Waals surface area contributed by atoms with Crippen molar-refractivity contribution in [3.8, 4) is 5.75 Å². The number of fused-ring (bicyclic) bond motifs is 3. The molecule has 1 amide bonds. The lowest BCUT2D eigenvalue weighted by atomic mass is 10.3. The highest BCUT2D eigenvalue weighted by Gasteiger charge is 2.31. The van der Waals surface area contributed by atoms with Gasteiger partial charge in [0.05, 0.1) is 10.4 Å². The maximum absolute atomic E-state index is 12.3. The lowest BCUT2D eigenvalue weighted by molar-refractivity contribution is -0.274. The number of imidazole rings is 1. The second-order valence-corrected chi connectivity index (χ2v) is 6.90. The predicted molar refractivity (Wildman–Crippen MR) is 89.5 cm³/mol. The lowest BCUT2D eigenvalue weighted by Gasteiger charge is -2.09. The Labute approximate surface area is 146 Å². The minimum Gasteiger partial charge on any atom is -0.406 e. The molecule has 3 heterocycles. The van der Waals surface area contributed by atoms with Gasteiger partial charge in [0.25, 0.3) is 5.91 Å². The molecule has 0 saturated carbocycles. The molecular formula is C15H8F3N3O2S2. The molecule has 1 aromatic carbocycles. The third-order valence-electron chi connectivity index (χ3n) is 3.31. The first-order valence-electron chi connectivity index (χ1n) is 6.91. The molecule has 0 radical (unpaired) electrons. The van der Waals surface area contributed by atoms with Gasteiger partial charge in [0.2, 0.25) is 0 Å². The number of anilines is 1. The normalized spacial score (nSPS) is 12.0. The number of thiophene rings is 1. The van der Waals surface area contributed by atoms with Crippen molar-refractivity contribution in [2.45, 2.75) is 6.36 Å². The molecule has 3 aromatic heterocycles. The zero-order chi connectivity index (χ0) is 17.6.